The van der Waals surface area contributed by atoms with Crippen LogP contribution in [0.3, 0.4) is 0 Å². The summed E-state index contributed by atoms with van der Waals surface area (Å²) in [6.07, 6.45) is 6.14. The first-order valence-corrected chi connectivity index (χ1v) is 7.73. The van der Waals surface area contributed by atoms with Crippen LogP contribution in [-0.2, 0) is 6.54 Å². The molecule has 4 nitrogen and oxygen atoms in total. The molecular weight excluding hydrogens is 248 g/mol. The van der Waals surface area contributed by atoms with Crippen molar-refractivity contribution in [2.24, 2.45) is 0 Å². The van der Waals surface area contributed by atoms with Gasteiger partial charge >= 0.3 is 0 Å². The molecule has 0 aliphatic carbocycles. The molecule has 2 aliphatic rings. The third-order valence-corrected chi connectivity index (χ3v) is 4.97. The zero-order valence-electron chi connectivity index (χ0n) is 12.0. The van der Waals surface area contributed by atoms with Gasteiger partial charge in [-0.05, 0) is 44.9 Å². The summed E-state index contributed by atoms with van der Waals surface area (Å²) >= 11 is 0. The summed E-state index contributed by atoms with van der Waals surface area (Å²) in [7, 11) is 0. The van der Waals surface area contributed by atoms with E-state index in [0.29, 0.717) is 6.04 Å². The Morgan fingerprint density at radius 2 is 2.25 bits per heavy atom. The summed E-state index contributed by atoms with van der Waals surface area (Å²) in [5.41, 5.74) is 3.50. The molecule has 0 amide bonds. The van der Waals surface area contributed by atoms with E-state index in [-0.39, 0.29) is 0 Å². The Balaban J connectivity index is 1.52. The molecular formula is C16H22N4. The number of fused-ring (bicyclic) bond motifs is 2. The smallest absolute Gasteiger partial charge is 0.137 e. The first-order chi connectivity index (χ1) is 9.83. The van der Waals surface area contributed by atoms with Gasteiger partial charge in [-0.2, -0.15) is 0 Å². The number of hydrogen-bond acceptors (Lipinski definition) is 3. The maximum atomic E-state index is 4.64. The van der Waals surface area contributed by atoms with Gasteiger partial charge in [-0.15, -0.1) is 0 Å². The largest absolute Gasteiger partial charge is 0.307 e. The lowest BCUT2D eigenvalue weighted by molar-refractivity contribution is 0.298. The quantitative estimate of drug-likeness (QED) is 0.925. The molecule has 2 saturated heterocycles. The minimum atomic E-state index is 0.658. The highest BCUT2D eigenvalue weighted by Crippen LogP contribution is 2.28. The standard InChI is InChI=1S/C16H22N4/c1-12-15(20-9-3-2-6-16(20)18-12)11-17-13-7-10-19-8-4-5-14(13)19/h2-3,6,9,13-14,17H,4-5,7-8,10-11H2,1H3. The van der Waals surface area contributed by atoms with Crippen LogP contribution in [0.2, 0.25) is 0 Å². The number of pyridine rings is 1. The molecule has 2 atom stereocenters. The molecule has 20 heavy (non-hydrogen) atoms. The van der Waals surface area contributed by atoms with Crippen molar-refractivity contribution in [3.05, 3.63) is 35.8 Å². The second-order valence-corrected chi connectivity index (χ2v) is 6.09. The second-order valence-electron chi connectivity index (χ2n) is 6.09. The van der Waals surface area contributed by atoms with Crippen LogP contribution >= 0.6 is 0 Å². The van der Waals surface area contributed by atoms with Crippen LogP contribution in [0.4, 0.5) is 0 Å². The summed E-state index contributed by atoms with van der Waals surface area (Å²) in [6.45, 7) is 5.61. The molecule has 4 heterocycles. The first-order valence-electron chi connectivity index (χ1n) is 7.73. The zero-order valence-corrected chi connectivity index (χ0v) is 12.0. The van der Waals surface area contributed by atoms with Gasteiger partial charge < -0.3 is 9.72 Å². The Morgan fingerprint density at radius 3 is 3.20 bits per heavy atom. The lowest BCUT2D eigenvalue weighted by Gasteiger charge is -2.21. The highest BCUT2D eigenvalue weighted by atomic mass is 15.2. The van der Waals surface area contributed by atoms with Gasteiger partial charge in [0, 0.05) is 31.4 Å². The molecule has 0 radical (unpaired) electrons. The van der Waals surface area contributed by atoms with E-state index >= 15 is 0 Å². The molecule has 0 spiro atoms. The SMILES string of the molecule is Cc1nc2ccccn2c1CNC1CCN2CCCC12. The molecule has 2 unspecified atom stereocenters. The lowest BCUT2D eigenvalue weighted by Crippen LogP contribution is -2.39. The third kappa shape index (κ3) is 1.95. The predicted octanol–water partition coefficient (Wildman–Crippen LogP) is 1.97. The molecule has 106 valence electrons. The van der Waals surface area contributed by atoms with Crippen LogP contribution in [0.5, 0.6) is 0 Å². The minimum Gasteiger partial charge on any atom is -0.307 e. The van der Waals surface area contributed by atoms with Crippen molar-refractivity contribution in [2.75, 3.05) is 13.1 Å². The topological polar surface area (TPSA) is 32.6 Å². The van der Waals surface area contributed by atoms with E-state index < -0.39 is 0 Å². The van der Waals surface area contributed by atoms with Crippen LogP contribution in [0, 0.1) is 6.92 Å². The van der Waals surface area contributed by atoms with Gasteiger partial charge in [0.2, 0.25) is 0 Å². The van der Waals surface area contributed by atoms with Gasteiger partial charge in [0.25, 0.3) is 0 Å². The monoisotopic (exact) mass is 270 g/mol. The van der Waals surface area contributed by atoms with Gasteiger partial charge in [0.1, 0.15) is 5.65 Å². The second kappa shape index (κ2) is 4.86. The van der Waals surface area contributed by atoms with E-state index in [1.165, 1.54) is 38.0 Å². The summed E-state index contributed by atoms with van der Waals surface area (Å²) in [5, 5.41) is 3.79. The lowest BCUT2D eigenvalue weighted by atomic mass is 10.1. The molecule has 0 aromatic carbocycles. The van der Waals surface area contributed by atoms with Crippen molar-refractivity contribution in [1.29, 1.82) is 0 Å². The number of aryl methyl sites for hydroxylation is 1. The van der Waals surface area contributed by atoms with E-state index in [1.807, 2.05) is 6.07 Å². The molecule has 2 aromatic heterocycles. The Labute approximate surface area is 119 Å². The summed E-state index contributed by atoms with van der Waals surface area (Å²) in [6, 6.07) is 7.63. The fourth-order valence-electron chi connectivity index (χ4n) is 3.93. The fraction of sp³-hybridized carbons (Fsp3) is 0.562. The number of hydrogen-bond donors (Lipinski definition) is 1. The number of nitrogens with one attached hydrogen (secondary N) is 1. The molecule has 2 fully saturated rings. The van der Waals surface area contributed by atoms with Crippen molar-refractivity contribution in [3.8, 4) is 0 Å². The van der Waals surface area contributed by atoms with Crippen LogP contribution in [0.25, 0.3) is 5.65 Å². The summed E-state index contributed by atoms with van der Waals surface area (Å²) < 4.78 is 2.21. The molecule has 4 rings (SSSR count). The third-order valence-electron chi connectivity index (χ3n) is 4.97. The average molecular weight is 270 g/mol. The minimum absolute atomic E-state index is 0.658. The molecule has 0 saturated carbocycles. The molecule has 0 bridgehead atoms. The fourth-order valence-corrected chi connectivity index (χ4v) is 3.93. The van der Waals surface area contributed by atoms with Crippen molar-refractivity contribution in [2.45, 2.75) is 44.8 Å². The van der Waals surface area contributed by atoms with Gasteiger partial charge in [-0.25, -0.2) is 4.98 Å². The maximum Gasteiger partial charge on any atom is 0.137 e. The van der Waals surface area contributed by atoms with Crippen molar-refractivity contribution in [1.82, 2.24) is 19.6 Å². The van der Waals surface area contributed by atoms with E-state index in [2.05, 4.69) is 44.9 Å². The average Bonchev–Trinajstić information content (AvgIpc) is 3.11. The van der Waals surface area contributed by atoms with Crippen molar-refractivity contribution < 1.29 is 0 Å². The van der Waals surface area contributed by atoms with E-state index in [9.17, 15) is 0 Å². The number of imidazole rings is 1. The Kier molecular flexibility index (Phi) is 3.00. The van der Waals surface area contributed by atoms with Gasteiger partial charge in [0.15, 0.2) is 0 Å². The van der Waals surface area contributed by atoms with Crippen molar-refractivity contribution in [3.63, 3.8) is 0 Å². The van der Waals surface area contributed by atoms with Crippen molar-refractivity contribution >= 4 is 5.65 Å². The molecule has 1 N–H and O–H groups in total. The summed E-state index contributed by atoms with van der Waals surface area (Å²) in [4.78, 5) is 7.29. The van der Waals surface area contributed by atoms with Crippen LogP contribution in [0.15, 0.2) is 24.4 Å². The molecule has 4 heteroatoms. The highest BCUT2D eigenvalue weighted by Gasteiger charge is 2.36. The number of nitrogens with zero attached hydrogens (tertiary/aromatic N) is 3. The predicted molar refractivity (Wildman–Crippen MR) is 79.8 cm³/mol. The molecule has 2 aromatic rings. The van der Waals surface area contributed by atoms with Crippen LogP contribution in [-0.4, -0.2) is 39.5 Å². The number of aromatic nitrogens is 2. The Bertz CT molecular complexity index is 618. The van der Waals surface area contributed by atoms with Crippen LogP contribution in [0.1, 0.15) is 30.7 Å². The Morgan fingerprint density at radius 1 is 1.30 bits per heavy atom. The summed E-state index contributed by atoms with van der Waals surface area (Å²) in [5.74, 6) is 0. The molecule has 2 aliphatic heterocycles. The van der Waals surface area contributed by atoms with Gasteiger partial charge in [-0.1, -0.05) is 6.07 Å². The maximum absolute atomic E-state index is 4.64. The van der Waals surface area contributed by atoms with E-state index in [1.54, 1.807) is 0 Å². The zero-order chi connectivity index (χ0) is 13.5. The van der Waals surface area contributed by atoms with Crippen LogP contribution < -0.4 is 5.32 Å². The van der Waals surface area contributed by atoms with Gasteiger partial charge in [0.05, 0.1) is 11.4 Å². The first kappa shape index (κ1) is 12.4. The Hall–Kier alpha value is -1.39. The van der Waals surface area contributed by atoms with E-state index in [0.717, 1.165) is 23.9 Å². The normalized spacial score (nSPS) is 26.4. The highest BCUT2D eigenvalue weighted by molar-refractivity contribution is 5.42. The van der Waals surface area contributed by atoms with Gasteiger partial charge in [-0.3, -0.25) is 4.90 Å². The number of rotatable bonds is 3. The van der Waals surface area contributed by atoms with E-state index in [4.69, 9.17) is 0 Å².